The zero-order valence-corrected chi connectivity index (χ0v) is 19.9. The van der Waals surface area contributed by atoms with Crippen molar-refractivity contribution >= 4 is 33.0 Å². The average Bonchev–Trinajstić information content (AvgIpc) is 2.87. The summed E-state index contributed by atoms with van der Waals surface area (Å²) < 4.78 is 43.7. The van der Waals surface area contributed by atoms with Crippen molar-refractivity contribution < 1.29 is 32.3 Å². The van der Waals surface area contributed by atoms with Crippen LogP contribution in [0.15, 0.2) is 71.6 Å². The number of anilines is 2. The van der Waals surface area contributed by atoms with E-state index >= 15 is 0 Å². The standard InChI is InChI=1S/C23H23N3O8S/c1-32-17-10-8-16(9-11-17)24-23(27)15-25(19-13-12-18(33-2)14-21(19)34-3)35(30,31)22-7-5-4-6-20(22)26(28)29/h4-14H,15H2,1-3H3,(H,24,27). The Morgan fingerprint density at radius 2 is 1.57 bits per heavy atom. The van der Waals surface area contributed by atoms with Crippen LogP contribution in [-0.4, -0.2) is 47.1 Å². The highest BCUT2D eigenvalue weighted by atomic mass is 32.2. The molecule has 0 aromatic heterocycles. The minimum atomic E-state index is -4.59. The fraction of sp³-hybridized carbons (Fsp3) is 0.174. The number of ether oxygens (including phenoxy) is 3. The van der Waals surface area contributed by atoms with E-state index in [-0.39, 0.29) is 11.4 Å². The second-order valence-electron chi connectivity index (χ2n) is 7.05. The summed E-state index contributed by atoms with van der Waals surface area (Å²) >= 11 is 0. The first-order valence-electron chi connectivity index (χ1n) is 10.1. The molecule has 3 rings (SSSR count). The van der Waals surface area contributed by atoms with E-state index in [0.29, 0.717) is 17.2 Å². The second-order valence-corrected chi connectivity index (χ2v) is 8.88. The first-order chi connectivity index (χ1) is 16.7. The van der Waals surface area contributed by atoms with Crippen LogP contribution >= 0.6 is 0 Å². The molecule has 0 fully saturated rings. The summed E-state index contributed by atoms with van der Waals surface area (Å²) in [5, 5.41) is 14.2. The average molecular weight is 502 g/mol. The number of nitro groups is 1. The molecule has 1 N–H and O–H groups in total. The number of para-hydroxylation sites is 1. The monoisotopic (exact) mass is 501 g/mol. The lowest BCUT2D eigenvalue weighted by atomic mass is 10.2. The molecule has 3 aromatic rings. The molecule has 0 aliphatic heterocycles. The van der Waals surface area contributed by atoms with Gasteiger partial charge in [-0.2, -0.15) is 0 Å². The third-order valence-electron chi connectivity index (χ3n) is 4.95. The maximum absolute atomic E-state index is 13.7. The lowest BCUT2D eigenvalue weighted by molar-refractivity contribution is -0.387. The highest BCUT2D eigenvalue weighted by Gasteiger charge is 2.34. The largest absolute Gasteiger partial charge is 0.497 e. The lowest BCUT2D eigenvalue weighted by Gasteiger charge is -2.25. The SMILES string of the molecule is COc1ccc(NC(=O)CN(c2ccc(OC)cc2OC)S(=O)(=O)c2ccccc2[N+](=O)[O-])cc1. The summed E-state index contributed by atoms with van der Waals surface area (Å²) in [5.74, 6) is 0.363. The summed E-state index contributed by atoms with van der Waals surface area (Å²) in [6.07, 6.45) is 0. The molecule has 0 aliphatic rings. The van der Waals surface area contributed by atoms with Crippen molar-refractivity contribution in [3.63, 3.8) is 0 Å². The maximum atomic E-state index is 13.7. The molecule has 0 unspecified atom stereocenters. The van der Waals surface area contributed by atoms with Crippen LogP contribution in [0.2, 0.25) is 0 Å². The van der Waals surface area contributed by atoms with E-state index in [1.165, 1.54) is 51.7 Å². The summed E-state index contributed by atoms with van der Waals surface area (Å²) in [5.41, 5.74) is -0.225. The summed E-state index contributed by atoms with van der Waals surface area (Å²) in [4.78, 5) is 23.1. The Labute approximate surface area is 202 Å². The number of nitrogens with one attached hydrogen (secondary N) is 1. The number of nitrogens with zero attached hydrogens (tertiary/aromatic N) is 2. The maximum Gasteiger partial charge on any atom is 0.289 e. The number of methoxy groups -OCH3 is 3. The molecule has 0 spiro atoms. The number of amides is 1. The third-order valence-corrected chi connectivity index (χ3v) is 6.75. The Bertz CT molecular complexity index is 1330. The highest BCUT2D eigenvalue weighted by molar-refractivity contribution is 7.93. The minimum absolute atomic E-state index is 0.00340. The zero-order chi connectivity index (χ0) is 25.6. The summed E-state index contributed by atoms with van der Waals surface area (Å²) in [6, 6.07) is 15.7. The second kappa shape index (κ2) is 10.7. The van der Waals surface area contributed by atoms with E-state index in [0.717, 1.165) is 16.4 Å². The zero-order valence-electron chi connectivity index (χ0n) is 19.1. The Hall–Kier alpha value is -4.32. The van der Waals surface area contributed by atoms with Crippen LogP contribution in [0.5, 0.6) is 17.2 Å². The van der Waals surface area contributed by atoms with Gasteiger partial charge in [0.25, 0.3) is 15.7 Å². The Balaban J connectivity index is 2.07. The number of rotatable bonds is 10. The van der Waals surface area contributed by atoms with Crippen molar-refractivity contribution in [1.29, 1.82) is 0 Å². The van der Waals surface area contributed by atoms with E-state index < -0.39 is 38.0 Å². The van der Waals surface area contributed by atoms with Crippen molar-refractivity contribution in [2.75, 3.05) is 37.5 Å². The van der Waals surface area contributed by atoms with Crippen molar-refractivity contribution in [3.8, 4) is 17.2 Å². The van der Waals surface area contributed by atoms with E-state index in [1.54, 1.807) is 24.3 Å². The van der Waals surface area contributed by atoms with Gasteiger partial charge in [0.15, 0.2) is 4.90 Å². The molecule has 0 saturated carbocycles. The van der Waals surface area contributed by atoms with Crippen molar-refractivity contribution in [3.05, 3.63) is 76.8 Å². The van der Waals surface area contributed by atoms with Crippen LogP contribution in [0.4, 0.5) is 17.1 Å². The topological polar surface area (TPSA) is 137 Å². The van der Waals surface area contributed by atoms with Gasteiger partial charge in [-0.3, -0.25) is 19.2 Å². The molecule has 184 valence electrons. The van der Waals surface area contributed by atoms with E-state index in [1.807, 2.05) is 0 Å². The first kappa shape index (κ1) is 25.3. The number of nitro benzene ring substituents is 1. The molecule has 12 heteroatoms. The summed E-state index contributed by atoms with van der Waals surface area (Å²) in [7, 11) is -0.335. The van der Waals surface area contributed by atoms with Crippen LogP contribution in [-0.2, 0) is 14.8 Å². The first-order valence-corrected chi connectivity index (χ1v) is 11.6. The molecule has 0 heterocycles. The van der Waals surface area contributed by atoms with Crippen molar-refractivity contribution in [2.24, 2.45) is 0 Å². The van der Waals surface area contributed by atoms with E-state index in [9.17, 15) is 23.3 Å². The predicted molar refractivity (Wildman–Crippen MR) is 129 cm³/mol. The van der Waals surface area contributed by atoms with Gasteiger partial charge in [-0.25, -0.2) is 8.42 Å². The Kier molecular flexibility index (Phi) is 7.76. The van der Waals surface area contributed by atoms with Gasteiger partial charge in [-0.15, -0.1) is 0 Å². The molecule has 11 nitrogen and oxygen atoms in total. The van der Waals surface area contributed by atoms with Crippen LogP contribution in [0.1, 0.15) is 0 Å². The Morgan fingerprint density at radius 1 is 0.943 bits per heavy atom. The lowest BCUT2D eigenvalue weighted by Crippen LogP contribution is -2.38. The smallest absolute Gasteiger partial charge is 0.289 e. The van der Waals surface area contributed by atoms with E-state index in [2.05, 4.69) is 5.32 Å². The minimum Gasteiger partial charge on any atom is -0.497 e. The molecule has 3 aromatic carbocycles. The molecule has 0 aliphatic carbocycles. The summed E-state index contributed by atoms with van der Waals surface area (Å²) in [6.45, 7) is -0.691. The molecule has 0 saturated heterocycles. The van der Waals surface area contributed by atoms with Gasteiger partial charge in [0.05, 0.1) is 31.9 Å². The fourth-order valence-electron chi connectivity index (χ4n) is 3.24. The van der Waals surface area contributed by atoms with E-state index in [4.69, 9.17) is 14.2 Å². The van der Waals surface area contributed by atoms with Gasteiger partial charge in [0.2, 0.25) is 5.91 Å². The molecule has 1 amide bonds. The third kappa shape index (κ3) is 5.61. The van der Waals surface area contributed by atoms with Crippen LogP contribution < -0.4 is 23.8 Å². The highest BCUT2D eigenvalue weighted by Crippen LogP contribution is 2.37. The molecule has 35 heavy (non-hydrogen) atoms. The van der Waals surface area contributed by atoms with Gasteiger partial charge in [0.1, 0.15) is 23.8 Å². The quantitative estimate of drug-likeness (QED) is 0.329. The van der Waals surface area contributed by atoms with Gasteiger partial charge >= 0.3 is 0 Å². The Morgan fingerprint density at radius 3 is 2.17 bits per heavy atom. The molecule has 0 bridgehead atoms. The number of carbonyl (C=O) groups is 1. The van der Waals surface area contributed by atoms with Crippen LogP contribution in [0.3, 0.4) is 0 Å². The van der Waals surface area contributed by atoms with Gasteiger partial charge in [-0.1, -0.05) is 12.1 Å². The predicted octanol–water partition coefficient (Wildman–Crippen LogP) is 3.45. The number of benzene rings is 3. The van der Waals surface area contributed by atoms with Gasteiger partial charge < -0.3 is 19.5 Å². The molecular formula is C23H23N3O8S. The van der Waals surface area contributed by atoms with Crippen molar-refractivity contribution in [1.82, 2.24) is 0 Å². The van der Waals surface area contributed by atoms with Gasteiger partial charge in [0, 0.05) is 17.8 Å². The fourth-order valence-corrected chi connectivity index (χ4v) is 4.83. The van der Waals surface area contributed by atoms with Crippen LogP contribution in [0.25, 0.3) is 0 Å². The molecule has 0 radical (unpaired) electrons. The number of sulfonamides is 1. The molecule has 0 atom stereocenters. The molecular weight excluding hydrogens is 478 g/mol. The normalized spacial score (nSPS) is 10.8. The number of hydrogen-bond acceptors (Lipinski definition) is 8. The van der Waals surface area contributed by atoms with Gasteiger partial charge in [-0.05, 0) is 42.5 Å². The number of carbonyl (C=O) groups excluding carboxylic acids is 1. The number of hydrogen-bond donors (Lipinski definition) is 1. The van der Waals surface area contributed by atoms with Crippen LogP contribution in [0, 0.1) is 10.1 Å². The van der Waals surface area contributed by atoms with Crippen molar-refractivity contribution in [2.45, 2.75) is 4.90 Å².